The van der Waals surface area contributed by atoms with Crippen LogP contribution in [0.4, 0.5) is 5.69 Å². The van der Waals surface area contributed by atoms with Crippen LogP contribution in [0.1, 0.15) is 31.9 Å². The predicted octanol–water partition coefficient (Wildman–Crippen LogP) is 4.88. The molecular weight excluding hydrogens is 416 g/mol. The van der Waals surface area contributed by atoms with E-state index in [-0.39, 0.29) is 24.5 Å². The topological polar surface area (TPSA) is 58.6 Å². The number of hydrogen-bond acceptors (Lipinski definition) is 5. The summed E-state index contributed by atoms with van der Waals surface area (Å²) in [6, 6.07) is 15.0. The lowest BCUT2D eigenvalue weighted by atomic mass is 10.1. The molecule has 0 spiro atoms. The van der Waals surface area contributed by atoms with Gasteiger partial charge >= 0.3 is 0 Å². The van der Waals surface area contributed by atoms with Crippen LogP contribution in [-0.4, -0.2) is 33.7 Å². The van der Waals surface area contributed by atoms with Crippen LogP contribution in [0.5, 0.6) is 5.75 Å². The fraction of sp³-hybridized carbons (Fsp3) is 0.261. The maximum atomic E-state index is 12.6. The zero-order valence-corrected chi connectivity index (χ0v) is 18.8. The third-order valence-electron chi connectivity index (χ3n) is 4.58. The first-order valence-corrected chi connectivity index (χ1v) is 11.0. The van der Waals surface area contributed by atoms with E-state index in [1.165, 1.54) is 11.8 Å². The van der Waals surface area contributed by atoms with Crippen LogP contribution in [0, 0.1) is 0 Å². The van der Waals surface area contributed by atoms with E-state index in [0.717, 1.165) is 23.2 Å². The number of aryl methyl sites for hydroxylation is 1. The van der Waals surface area contributed by atoms with Crippen LogP contribution >= 0.6 is 24.0 Å². The number of carbonyl (C=O) groups excluding carboxylic acids is 2. The third kappa shape index (κ3) is 5.09. The summed E-state index contributed by atoms with van der Waals surface area (Å²) in [6.07, 6.45) is 2.59. The van der Waals surface area contributed by atoms with Crippen LogP contribution in [0.15, 0.2) is 53.4 Å². The average Bonchev–Trinajstić information content (AvgIpc) is 3.00. The molecule has 2 amide bonds. The first kappa shape index (κ1) is 22.1. The van der Waals surface area contributed by atoms with Crippen LogP contribution in [0.25, 0.3) is 6.08 Å². The monoisotopic (exact) mass is 440 g/mol. The first-order valence-electron chi connectivity index (χ1n) is 9.77. The Morgan fingerprint density at radius 2 is 1.90 bits per heavy atom. The van der Waals surface area contributed by atoms with Crippen molar-refractivity contribution in [2.45, 2.75) is 33.2 Å². The molecule has 1 N–H and O–H groups in total. The second-order valence-electron chi connectivity index (χ2n) is 7.03. The quantitative estimate of drug-likeness (QED) is 0.491. The third-order valence-corrected chi connectivity index (χ3v) is 5.91. The van der Waals surface area contributed by atoms with Gasteiger partial charge in [-0.25, -0.2) is 0 Å². The Morgan fingerprint density at radius 1 is 1.20 bits per heavy atom. The molecule has 156 valence electrons. The van der Waals surface area contributed by atoms with E-state index >= 15 is 0 Å². The highest BCUT2D eigenvalue weighted by Gasteiger charge is 2.33. The number of hydrogen-bond donors (Lipinski definition) is 1. The summed E-state index contributed by atoms with van der Waals surface area (Å²) in [5, 5.41) is 2.89. The molecule has 1 aliphatic rings. The van der Waals surface area contributed by atoms with Crippen LogP contribution in [0.3, 0.4) is 0 Å². The summed E-state index contributed by atoms with van der Waals surface area (Å²) in [5.41, 5.74) is 2.58. The fourth-order valence-corrected chi connectivity index (χ4v) is 4.59. The Bertz CT molecular complexity index is 1000. The second-order valence-corrected chi connectivity index (χ2v) is 8.71. The summed E-state index contributed by atoms with van der Waals surface area (Å²) in [5.74, 6) is 0.187. The number of amides is 2. The van der Waals surface area contributed by atoms with Crippen molar-refractivity contribution >= 4 is 51.9 Å². The highest BCUT2D eigenvalue weighted by Crippen LogP contribution is 2.35. The predicted molar refractivity (Wildman–Crippen MR) is 127 cm³/mol. The average molecular weight is 441 g/mol. The van der Waals surface area contributed by atoms with Gasteiger partial charge in [-0.05, 0) is 44.0 Å². The van der Waals surface area contributed by atoms with Gasteiger partial charge in [0.25, 0.3) is 11.8 Å². The van der Waals surface area contributed by atoms with Gasteiger partial charge in [-0.2, -0.15) is 0 Å². The molecule has 5 nitrogen and oxygen atoms in total. The fourth-order valence-electron chi connectivity index (χ4n) is 3.08. The Hall–Kier alpha value is -2.64. The highest BCUT2D eigenvalue weighted by atomic mass is 32.2. The Labute approximate surface area is 186 Å². The molecule has 0 saturated carbocycles. The molecule has 0 atom stereocenters. The molecule has 0 unspecified atom stereocenters. The van der Waals surface area contributed by atoms with Gasteiger partial charge in [-0.15, -0.1) is 0 Å². The molecule has 2 aromatic rings. The Morgan fingerprint density at radius 3 is 2.60 bits per heavy atom. The Kier molecular flexibility index (Phi) is 7.29. The van der Waals surface area contributed by atoms with Crippen molar-refractivity contribution in [3.8, 4) is 5.75 Å². The molecule has 1 aliphatic heterocycles. The normalized spacial score (nSPS) is 15.2. The van der Waals surface area contributed by atoms with Gasteiger partial charge in [0.2, 0.25) is 0 Å². The minimum atomic E-state index is -0.239. The number of benzene rings is 2. The smallest absolute Gasteiger partial charge is 0.266 e. The molecule has 30 heavy (non-hydrogen) atoms. The van der Waals surface area contributed by atoms with E-state index in [0.29, 0.717) is 15.0 Å². The lowest BCUT2D eigenvalue weighted by Gasteiger charge is -2.18. The van der Waals surface area contributed by atoms with Crippen molar-refractivity contribution in [3.63, 3.8) is 0 Å². The molecule has 0 bridgehead atoms. The number of para-hydroxylation sites is 2. The van der Waals surface area contributed by atoms with Crippen molar-refractivity contribution in [2.75, 3.05) is 11.9 Å². The van der Waals surface area contributed by atoms with E-state index < -0.39 is 0 Å². The van der Waals surface area contributed by atoms with E-state index in [4.69, 9.17) is 17.0 Å². The van der Waals surface area contributed by atoms with Crippen molar-refractivity contribution in [1.29, 1.82) is 0 Å². The summed E-state index contributed by atoms with van der Waals surface area (Å²) >= 11 is 6.61. The molecule has 7 heteroatoms. The zero-order chi connectivity index (χ0) is 21.7. The second kappa shape index (κ2) is 9.91. The van der Waals surface area contributed by atoms with E-state index in [1.807, 2.05) is 63.2 Å². The first-order chi connectivity index (χ1) is 14.4. The minimum absolute atomic E-state index is 0.00425. The molecule has 1 fully saturated rings. The van der Waals surface area contributed by atoms with E-state index in [1.54, 1.807) is 17.0 Å². The van der Waals surface area contributed by atoms with Crippen LogP contribution in [-0.2, 0) is 16.0 Å². The lowest BCUT2D eigenvalue weighted by Crippen LogP contribution is -2.34. The Balaban J connectivity index is 1.71. The molecule has 0 aromatic heterocycles. The van der Waals surface area contributed by atoms with E-state index in [9.17, 15) is 9.59 Å². The molecule has 0 aliphatic carbocycles. The lowest BCUT2D eigenvalue weighted by molar-refractivity contribution is -0.123. The number of thioether (sulfide) groups is 1. The van der Waals surface area contributed by atoms with Gasteiger partial charge in [0.15, 0.2) is 6.61 Å². The number of rotatable bonds is 7. The van der Waals surface area contributed by atoms with E-state index in [2.05, 4.69) is 5.32 Å². The van der Waals surface area contributed by atoms with Crippen LogP contribution in [0.2, 0.25) is 0 Å². The summed E-state index contributed by atoms with van der Waals surface area (Å²) in [6.45, 7) is 5.77. The number of ether oxygens (including phenoxy) is 1. The van der Waals surface area contributed by atoms with Crippen LogP contribution < -0.4 is 10.1 Å². The summed E-state index contributed by atoms with van der Waals surface area (Å²) in [7, 11) is 0. The van der Waals surface area contributed by atoms with Gasteiger partial charge in [0, 0.05) is 17.3 Å². The van der Waals surface area contributed by atoms with Gasteiger partial charge in [0.05, 0.1) is 4.91 Å². The number of thiocarbonyl (C=S) groups is 1. The molecule has 1 saturated heterocycles. The summed E-state index contributed by atoms with van der Waals surface area (Å²) in [4.78, 5) is 27.2. The largest absolute Gasteiger partial charge is 0.483 e. The SMILES string of the molecule is CCc1ccccc1NC(=O)COc1ccccc1/C=C1\SC(=S)N(C(C)C)C1=O. The minimum Gasteiger partial charge on any atom is -0.483 e. The van der Waals surface area contributed by atoms with Crippen molar-refractivity contribution in [3.05, 3.63) is 64.6 Å². The highest BCUT2D eigenvalue weighted by molar-refractivity contribution is 8.26. The maximum absolute atomic E-state index is 12.6. The number of nitrogens with zero attached hydrogens (tertiary/aromatic N) is 1. The van der Waals surface area contributed by atoms with Crippen molar-refractivity contribution in [1.82, 2.24) is 4.90 Å². The van der Waals surface area contributed by atoms with Gasteiger partial charge < -0.3 is 10.1 Å². The zero-order valence-electron chi connectivity index (χ0n) is 17.2. The van der Waals surface area contributed by atoms with Gasteiger partial charge in [0.1, 0.15) is 10.1 Å². The number of carbonyl (C=O) groups is 2. The molecule has 0 radical (unpaired) electrons. The van der Waals surface area contributed by atoms with Gasteiger partial charge in [-0.3, -0.25) is 14.5 Å². The maximum Gasteiger partial charge on any atom is 0.266 e. The number of nitrogens with one attached hydrogen (secondary N) is 1. The standard InChI is InChI=1S/C23H24N2O3S2/c1-4-16-9-5-7-11-18(16)24-21(26)14-28-19-12-8-6-10-17(19)13-20-22(27)25(15(2)3)23(29)30-20/h5-13,15H,4,14H2,1-3H3,(H,24,26)/b20-13-. The molecule has 3 rings (SSSR count). The molecule has 2 aromatic carbocycles. The van der Waals surface area contributed by atoms with Crippen molar-refractivity contribution in [2.24, 2.45) is 0 Å². The summed E-state index contributed by atoms with van der Waals surface area (Å²) < 4.78 is 6.32. The molecular formula is C23H24N2O3S2. The van der Waals surface area contributed by atoms with Gasteiger partial charge in [-0.1, -0.05) is 67.3 Å². The van der Waals surface area contributed by atoms with Crippen molar-refractivity contribution < 1.29 is 14.3 Å². The molecule has 1 heterocycles. The number of anilines is 1.